The minimum Gasteiger partial charge on any atom is -0.375 e. The molecule has 0 aliphatic heterocycles. The number of rotatable bonds is 7. The van der Waals surface area contributed by atoms with Gasteiger partial charge in [0.1, 0.15) is 18.3 Å². The molecule has 0 aliphatic rings. The summed E-state index contributed by atoms with van der Waals surface area (Å²) in [5.74, 6) is -0.706. The highest BCUT2D eigenvalue weighted by Crippen LogP contribution is 2.26. The molecule has 0 spiro atoms. The molecule has 0 bridgehead atoms. The lowest BCUT2D eigenvalue weighted by molar-refractivity contribution is -0.384. The fraction of sp³-hybridized carbons (Fsp3) is 0.118. The van der Waals surface area contributed by atoms with Crippen molar-refractivity contribution in [2.45, 2.75) is 13.1 Å². The molecule has 0 saturated carbocycles. The normalized spacial score (nSPS) is 10.5. The molecule has 0 aliphatic carbocycles. The Kier molecular flexibility index (Phi) is 4.88. The fourth-order valence-corrected chi connectivity index (χ4v) is 2.45. The molecule has 0 atom stereocenters. The summed E-state index contributed by atoms with van der Waals surface area (Å²) in [5.41, 5.74) is 7.42. The van der Waals surface area contributed by atoms with E-state index in [4.69, 9.17) is 5.73 Å². The van der Waals surface area contributed by atoms with E-state index in [1.54, 1.807) is 11.0 Å². The predicted molar refractivity (Wildman–Crippen MR) is 94.5 cm³/mol. The molecule has 3 aromatic rings. The van der Waals surface area contributed by atoms with Gasteiger partial charge in [0.25, 0.3) is 5.69 Å². The number of nitro benzene ring substituents is 1. The highest BCUT2D eigenvalue weighted by Gasteiger charge is 2.16. The van der Waals surface area contributed by atoms with Gasteiger partial charge in [0.15, 0.2) is 0 Å². The number of nitrogens with one attached hydrogen (secondary N) is 1. The molecule has 3 rings (SSSR count). The van der Waals surface area contributed by atoms with Gasteiger partial charge in [0.2, 0.25) is 5.91 Å². The quantitative estimate of drug-likeness (QED) is 0.494. The average Bonchev–Trinajstić information content (AvgIpc) is 3.14. The third-order valence-corrected chi connectivity index (χ3v) is 3.80. The van der Waals surface area contributed by atoms with Gasteiger partial charge in [0.05, 0.1) is 11.5 Å². The first-order chi connectivity index (χ1) is 12.5. The number of anilines is 1. The molecule has 1 heterocycles. The Morgan fingerprint density at radius 2 is 1.92 bits per heavy atom. The largest absolute Gasteiger partial charge is 0.375 e. The Bertz CT molecular complexity index is 922. The third kappa shape index (κ3) is 4.01. The van der Waals surface area contributed by atoms with E-state index >= 15 is 0 Å². The van der Waals surface area contributed by atoms with Crippen molar-refractivity contribution < 1.29 is 9.72 Å². The van der Waals surface area contributed by atoms with Crippen molar-refractivity contribution in [2.24, 2.45) is 5.73 Å². The topological polar surface area (TPSA) is 129 Å². The van der Waals surface area contributed by atoms with Crippen LogP contribution in [0.25, 0.3) is 0 Å². The number of nitro groups is 1. The molecule has 0 radical (unpaired) electrons. The number of benzene rings is 2. The van der Waals surface area contributed by atoms with E-state index in [-0.39, 0.29) is 11.3 Å². The summed E-state index contributed by atoms with van der Waals surface area (Å²) in [5, 5.41) is 18.3. The molecule has 9 heteroatoms. The third-order valence-electron chi connectivity index (χ3n) is 3.80. The number of nitrogens with two attached hydrogens (primary N) is 1. The van der Waals surface area contributed by atoms with E-state index < -0.39 is 10.8 Å². The summed E-state index contributed by atoms with van der Waals surface area (Å²) in [6.45, 7) is 1.02. The van der Waals surface area contributed by atoms with E-state index in [1.807, 2.05) is 24.3 Å². The molecule has 132 valence electrons. The van der Waals surface area contributed by atoms with Crippen molar-refractivity contribution in [3.8, 4) is 0 Å². The van der Waals surface area contributed by atoms with Crippen molar-refractivity contribution in [2.75, 3.05) is 5.32 Å². The number of carbonyl (C=O) groups excluding carboxylic acids is 1. The summed E-state index contributed by atoms with van der Waals surface area (Å²) >= 11 is 0. The van der Waals surface area contributed by atoms with Crippen LogP contribution in [0.3, 0.4) is 0 Å². The highest BCUT2D eigenvalue weighted by atomic mass is 16.6. The molecule has 0 fully saturated rings. The molecule has 1 aromatic heterocycles. The predicted octanol–water partition coefficient (Wildman–Crippen LogP) is 1.95. The monoisotopic (exact) mass is 352 g/mol. The number of carbonyl (C=O) groups is 1. The lowest BCUT2D eigenvalue weighted by atomic mass is 10.1. The van der Waals surface area contributed by atoms with Crippen molar-refractivity contribution in [1.82, 2.24) is 14.8 Å². The van der Waals surface area contributed by atoms with Gasteiger partial charge in [-0.1, -0.05) is 24.3 Å². The maximum atomic E-state index is 11.2. The summed E-state index contributed by atoms with van der Waals surface area (Å²) in [7, 11) is 0. The molecule has 1 amide bonds. The van der Waals surface area contributed by atoms with Crippen LogP contribution in [-0.4, -0.2) is 25.6 Å². The van der Waals surface area contributed by atoms with Crippen LogP contribution in [0.2, 0.25) is 0 Å². The van der Waals surface area contributed by atoms with Crippen LogP contribution in [0.4, 0.5) is 11.4 Å². The van der Waals surface area contributed by atoms with Gasteiger partial charge in [-0.15, -0.1) is 0 Å². The maximum absolute atomic E-state index is 11.2. The molecule has 2 aromatic carbocycles. The summed E-state index contributed by atoms with van der Waals surface area (Å²) < 4.78 is 1.72. The smallest absolute Gasteiger partial charge is 0.293 e. The summed E-state index contributed by atoms with van der Waals surface area (Å²) in [4.78, 5) is 25.7. The average molecular weight is 352 g/mol. The maximum Gasteiger partial charge on any atom is 0.293 e. The number of amides is 1. The Hall–Kier alpha value is -3.75. The van der Waals surface area contributed by atoms with E-state index in [0.29, 0.717) is 18.8 Å². The van der Waals surface area contributed by atoms with Gasteiger partial charge in [-0.2, -0.15) is 5.10 Å². The first-order valence-corrected chi connectivity index (χ1v) is 7.75. The van der Waals surface area contributed by atoms with E-state index in [0.717, 1.165) is 11.1 Å². The molecule has 0 unspecified atom stereocenters. The van der Waals surface area contributed by atoms with Crippen LogP contribution in [-0.2, 0) is 13.1 Å². The van der Waals surface area contributed by atoms with Gasteiger partial charge in [-0.25, -0.2) is 9.67 Å². The first-order valence-electron chi connectivity index (χ1n) is 7.75. The van der Waals surface area contributed by atoms with Gasteiger partial charge >= 0.3 is 0 Å². The minimum absolute atomic E-state index is 0.0970. The van der Waals surface area contributed by atoms with E-state index in [2.05, 4.69) is 15.4 Å². The minimum atomic E-state index is -0.706. The molecular weight excluding hydrogens is 336 g/mol. The number of primary amides is 1. The standard InChI is InChI=1S/C17H16N6O3/c18-17(24)14-5-6-15(16(7-14)23(25)26)20-8-12-1-3-13(4-2-12)9-22-11-19-10-21-22/h1-7,10-11,20H,8-9H2,(H2,18,24). The van der Waals surface area contributed by atoms with Gasteiger partial charge in [-0.3, -0.25) is 14.9 Å². The number of aromatic nitrogens is 3. The van der Waals surface area contributed by atoms with Crippen molar-refractivity contribution in [3.05, 3.63) is 81.9 Å². The zero-order valence-corrected chi connectivity index (χ0v) is 13.7. The molecule has 26 heavy (non-hydrogen) atoms. The number of hydrogen-bond donors (Lipinski definition) is 2. The Morgan fingerprint density at radius 3 is 2.54 bits per heavy atom. The first kappa shape index (κ1) is 17.1. The second-order valence-corrected chi connectivity index (χ2v) is 5.62. The molecule has 0 saturated heterocycles. The number of nitrogens with zero attached hydrogens (tertiary/aromatic N) is 4. The van der Waals surface area contributed by atoms with Gasteiger partial charge in [-0.05, 0) is 23.3 Å². The highest BCUT2D eigenvalue weighted by molar-refractivity contribution is 5.94. The molecule has 3 N–H and O–H groups in total. The Balaban J connectivity index is 1.68. The molecular formula is C17H16N6O3. The van der Waals surface area contributed by atoms with Crippen LogP contribution >= 0.6 is 0 Å². The fourth-order valence-electron chi connectivity index (χ4n) is 2.45. The lowest BCUT2D eigenvalue weighted by Crippen LogP contribution is -2.12. The van der Waals surface area contributed by atoms with Crippen molar-refractivity contribution in [1.29, 1.82) is 0 Å². The van der Waals surface area contributed by atoms with Crippen molar-refractivity contribution in [3.63, 3.8) is 0 Å². The van der Waals surface area contributed by atoms with E-state index in [1.165, 1.54) is 24.5 Å². The Morgan fingerprint density at radius 1 is 1.19 bits per heavy atom. The molecule has 9 nitrogen and oxygen atoms in total. The second kappa shape index (κ2) is 7.43. The van der Waals surface area contributed by atoms with Gasteiger partial charge in [0, 0.05) is 18.2 Å². The lowest BCUT2D eigenvalue weighted by Gasteiger charge is -2.09. The van der Waals surface area contributed by atoms with Crippen LogP contribution < -0.4 is 11.1 Å². The second-order valence-electron chi connectivity index (χ2n) is 5.62. The van der Waals surface area contributed by atoms with Crippen molar-refractivity contribution >= 4 is 17.3 Å². The number of hydrogen-bond acceptors (Lipinski definition) is 6. The van der Waals surface area contributed by atoms with Gasteiger partial charge < -0.3 is 11.1 Å². The van der Waals surface area contributed by atoms with E-state index in [9.17, 15) is 14.9 Å². The summed E-state index contributed by atoms with van der Waals surface area (Å²) in [6.07, 6.45) is 3.12. The SMILES string of the molecule is NC(=O)c1ccc(NCc2ccc(Cn3cncn3)cc2)c([N+](=O)[O-])c1. The van der Waals surface area contributed by atoms with Crippen LogP contribution in [0.15, 0.2) is 55.1 Å². The zero-order valence-electron chi connectivity index (χ0n) is 13.7. The Labute approximate surface area is 148 Å². The van der Waals surface area contributed by atoms with Crippen LogP contribution in [0.1, 0.15) is 21.5 Å². The summed E-state index contributed by atoms with van der Waals surface area (Å²) in [6, 6.07) is 11.9. The zero-order chi connectivity index (χ0) is 18.5. The van der Waals surface area contributed by atoms with Crippen LogP contribution in [0, 0.1) is 10.1 Å². The van der Waals surface area contributed by atoms with Crippen LogP contribution in [0.5, 0.6) is 0 Å².